The average molecular weight is 618 g/mol. The summed E-state index contributed by atoms with van der Waals surface area (Å²) in [6, 6.07) is 29.9. The van der Waals surface area contributed by atoms with E-state index in [4.69, 9.17) is 9.26 Å². The Balaban J connectivity index is 1.38. The normalized spacial score (nSPS) is 19.0. The lowest BCUT2D eigenvalue weighted by Crippen LogP contribution is -2.68. The van der Waals surface area contributed by atoms with Crippen LogP contribution in [-0.4, -0.2) is 60.6 Å². The predicted octanol–water partition coefficient (Wildman–Crippen LogP) is 4.43. The van der Waals surface area contributed by atoms with E-state index in [1.165, 1.54) is 15.1 Å². The van der Waals surface area contributed by atoms with Crippen molar-refractivity contribution in [2.75, 3.05) is 5.75 Å². The molecule has 0 bridgehead atoms. The van der Waals surface area contributed by atoms with Gasteiger partial charge in [0.25, 0.3) is 13.5 Å². The second kappa shape index (κ2) is 12.1. The zero-order valence-electron chi connectivity index (χ0n) is 25.5. The first-order valence-electron chi connectivity index (χ1n) is 14.5. The lowest BCUT2D eigenvalue weighted by molar-refractivity contribution is -0.0169. The van der Waals surface area contributed by atoms with Crippen molar-refractivity contribution in [2.45, 2.75) is 63.9 Å². The zero-order valence-corrected chi connectivity index (χ0v) is 27.3. The number of sulfone groups is 1. The van der Waals surface area contributed by atoms with E-state index in [9.17, 15) is 8.42 Å². The fourth-order valence-corrected chi connectivity index (χ4v) is 12.4. The van der Waals surface area contributed by atoms with Crippen LogP contribution in [-0.2, 0) is 19.1 Å². The Morgan fingerprint density at radius 3 is 1.98 bits per heavy atom. The minimum atomic E-state index is -3.85. The third-order valence-electron chi connectivity index (χ3n) is 8.18. The number of hydrogen-bond donors (Lipinski definition) is 0. The van der Waals surface area contributed by atoms with Crippen molar-refractivity contribution in [3.63, 3.8) is 0 Å². The van der Waals surface area contributed by atoms with Crippen LogP contribution < -0.4 is 10.4 Å². The molecule has 0 saturated carbocycles. The van der Waals surface area contributed by atoms with Crippen LogP contribution in [0.1, 0.15) is 41.5 Å². The summed E-state index contributed by atoms with van der Waals surface area (Å²) >= 11 is 0. The van der Waals surface area contributed by atoms with Gasteiger partial charge in [-0.05, 0) is 44.9 Å². The van der Waals surface area contributed by atoms with Crippen LogP contribution in [0.3, 0.4) is 0 Å². The van der Waals surface area contributed by atoms with Crippen LogP contribution in [0.25, 0.3) is 5.69 Å². The van der Waals surface area contributed by atoms with Gasteiger partial charge >= 0.3 is 0 Å². The number of oxime groups is 1. The Morgan fingerprint density at radius 1 is 0.907 bits per heavy atom. The van der Waals surface area contributed by atoms with Crippen molar-refractivity contribution in [3.05, 3.63) is 91.0 Å². The van der Waals surface area contributed by atoms with Gasteiger partial charge in [0.1, 0.15) is 0 Å². The van der Waals surface area contributed by atoms with Crippen LogP contribution >= 0.6 is 0 Å². The van der Waals surface area contributed by atoms with E-state index in [-0.39, 0.29) is 34.1 Å². The number of tetrazole rings is 1. The molecule has 0 amide bonds. The molecular weight excluding hydrogens is 579 g/mol. The molecule has 0 fully saturated rings. The molecule has 4 atom stereocenters. The molecule has 5 rings (SSSR count). The minimum Gasteiger partial charge on any atom is -0.401 e. The van der Waals surface area contributed by atoms with Crippen molar-refractivity contribution in [1.29, 1.82) is 0 Å². The third-order valence-corrected chi connectivity index (χ3v) is 15.1. The number of hydrogen-bond acceptors (Lipinski definition) is 8. The van der Waals surface area contributed by atoms with E-state index in [2.05, 4.69) is 90.0 Å². The van der Waals surface area contributed by atoms with Crippen LogP contribution in [0.5, 0.6) is 0 Å². The van der Waals surface area contributed by atoms with Gasteiger partial charge in [0.2, 0.25) is 9.84 Å². The van der Waals surface area contributed by atoms with E-state index in [1.807, 2.05) is 39.0 Å². The summed E-state index contributed by atoms with van der Waals surface area (Å²) in [7, 11) is -6.67. The fraction of sp³-hybridized carbons (Fsp3) is 0.375. The molecule has 0 aliphatic carbocycles. The Morgan fingerprint density at radius 2 is 1.44 bits per heavy atom. The lowest BCUT2D eigenvalue weighted by Gasteiger charge is -2.45. The summed E-state index contributed by atoms with van der Waals surface area (Å²) in [5.74, 6) is -0.793. The second-order valence-corrected chi connectivity index (χ2v) is 18.4. The molecule has 0 saturated heterocycles. The van der Waals surface area contributed by atoms with E-state index in [0.29, 0.717) is 11.4 Å². The molecule has 0 N–H and O–H groups in total. The monoisotopic (exact) mass is 617 g/mol. The zero-order chi connectivity index (χ0) is 30.8. The predicted molar refractivity (Wildman–Crippen MR) is 170 cm³/mol. The highest BCUT2D eigenvalue weighted by Gasteiger charge is 2.53. The Labute approximate surface area is 255 Å². The van der Waals surface area contributed by atoms with Gasteiger partial charge in [0, 0.05) is 11.8 Å². The van der Waals surface area contributed by atoms with Crippen LogP contribution in [0.2, 0.25) is 5.04 Å². The molecule has 226 valence electrons. The number of benzene rings is 3. The molecule has 3 aromatic carbocycles. The molecule has 11 heteroatoms. The first-order valence-corrected chi connectivity index (χ1v) is 18.1. The van der Waals surface area contributed by atoms with Crippen molar-refractivity contribution in [2.24, 2.45) is 17.0 Å². The average Bonchev–Trinajstić information content (AvgIpc) is 3.64. The van der Waals surface area contributed by atoms with Gasteiger partial charge in [-0.25, -0.2) is 8.42 Å². The van der Waals surface area contributed by atoms with E-state index >= 15 is 0 Å². The van der Waals surface area contributed by atoms with Crippen molar-refractivity contribution in [1.82, 2.24) is 20.2 Å². The summed E-state index contributed by atoms with van der Waals surface area (Å²) in [5, 5.41) is 17.8. The number of aromatic nitrogens is 4. The molecule has 4 aromatic rings. The highest BCUT2D eigenvalue weighted by atomic mass is 32.2. The van der Waals surface area contributed by atoms with Crippen LogP contribution in [0.15, 0.2) is 101 Å². The number of para-hydroxylation sites is 1. The maximum absolute atomic E-state index is 13.5. The second-order valence-electron chi connectivity index (χ2n) is 12.3. The molecular formula is C32H39N5O4SSi. The quantitative estimate of drug-likeness (QED) is 0.242. The van der Waals surface area contributed by atoms with Gasteiger partial charge in [-0.15, -0.1) is 0 Å². The molecule has 9 nitrogen and oxygen atoms in total. The first-order chi connectivity index (χ1) is 20.5. The first kappa shape index (κ1) is 30.8. The highest BCUT2D eigenvalue weighted by molar-refractivity contribution is 7.91. The molecule has 0 spiro atoms. The summed E-state index contributed by atoms with van der Waals surface area (Å²) in [5.41, 5.74) is 1.26. The van der Waals surface area contributed by atoms with Crippen molar-refractivity contribution in [3.8, 4) is 5.69 Å². The summed E-state index contributed by atoms with van der Waals surface area (Å²) < 4.78 is 35.5. The maximum atomic E-state index is 13.5. The summed E-state index contributed by atoms with van der Waals surface area (Å²) in [6.45, 7) is 12.6. The van der Waals surface area contributed by atoms with Gasteiger partial charge in [0.05, 0.1) is 23.3 Å². The Kier molecular flexibility index (Phi) is 8.69. The molecule has 1 aromatic heterocycles. The number of nitrogens with zero attached hydrogens (tertiary/aromatic N) is 5. The molecule has 2 heterocycles. The molecule has 0 radical (unpaired) electrons. The van der Waals surface area contributed by atoms with E-state index in [0.717, 1.165) is 0 Å². The standard InChI is InChI=1S/C32H39N5O4SSi/c1-23(22-42(38,39)31-33-35-36-37(31)26-16-10-7-11-17-26)29-24(2)30(40-34-29)25(3)41-43(32(4,5)6,27-18-12-8-13-19-27)28-20-14-9-15-21-28/h7-21,23-25,30H,22H2,1-6H3/t23-,24+,25-,30-/m0/s1. The molecule has 1 aliphatic heterocycles. The number of rotatable bonds is 10. The summed E-state index contributed by atoms with van der Waals surface area (Å²) in [6.07, 6.45) is -0.701. The van der Waals surface area contributed by atoms with Gasteiger partial charge in [-0.3, -0.25) is 0 Å². The van der Waals surface area contributed by atoms with Gasteiger partial charge < -0.3 is 9.26 Å². The largest absolute Gasteiger partial charge is 0.401 e. The van der Waals surface area contributed by atoms with Crippen molar-refractivity contribution >= 4 is 34.2 Å². The third kappa shape index (κ3) is 5.93. The highest BCUT2D eigenvalue weighted by Crippen LogP contribution is 2.39. The van der Waals surface area contributed by atoms with Crippen LogP contribution in [0.4, 0.5) is 0 Å². The maximum Gasteiger partial charge on any atom is 0.272 e. The smallest absolute Gasteiger partial charge is 0.272 e. The van der Waals surface area contributed by atoms with Gasteiger partial charge in [0.15, 0.2) is 6.10 Å². The molecule has 0 unspecified atom stereocenters. The van der Waals surface area contributed by atoms with Gasteiger partial charge in [-0.2, -0.15) is 4.68 Å². The van der Waals surface area contributed by atoms with E-state index < -0.39 is 24.1 Å². The minimum absolute atomic E-state index is 0.163. The molecule has 43 heavy (non-hydrogen) atoms. The Hall–Kier alpha value is -3.67. The van der Waals surface area contributed by atoms with E-state index in [1.54, 1.807) is 24.3 Å². The molecule has 1 aliphatic rings. The van der Waals surface area contributed by atoms with Gasteiger partial charge in [-0.1, -0.05) is 124 Å². The lowest BCUT2D eigenvalue weighted by atomic mass is 9.90. The summed E-state index contributed by atoms with van der Waals surface area (Å²) in [4.78, 5) is 6.03. The van der Waals surface area contributed by atoms with Crippen molar-refractivity contribution < 1.29 is 17.7 Å². The Bertz CT molecular complexity index is 1620. The fourth-order valence-electron chi connectivity index (χ4n) is 6.13. The van der Waals surface area contributed by atoms with Crippen LogP contribution in [0, 0.1) is 11.8 Å². The topological polar surface area (TPSA) is 109 Å². The SMILES string of the molecule is C[C@H](O[Si](c1ccccc1)(c1ccccc1)C(C)(C)C)[C@H]1ON=C([C@@H](C)CS(=O)(=O)c2nnnn2-c2ccccc2)[C@H]1C.